The van der Waals surface area contributed by atoms with Crippen LogP contribution in [0.15, 0.2) is 24.3 Å². The van der Waals surface area contributed by atoms with Gasteiger partial charge in [-0.25, -0.2) is 0 Å². The Morgan fingerprint density at radius 2 is 2.19 bits per heavy atom. The lowest BCUT2D eigenvalue weighted by Gasteiger charge is -2.22. The zero-order valence-electron chi connectivity index (χ0n) is 9.52. The van der Waals surface area contributed by atoms with Gasteiger partial charge in [-0.3, -0.25) is 0 Å². The van der Waals surface area contributed by atoms with Crippen molar-refractivity contribution in [3.63, 3.8) is 0 Å². The molecule has 2 N–H and O–H groups in total. The third kappa shape index (κ3) is 3.22. The van der Waals surface area contributed by atoms with Crippen molar-refractivity contribution in [1.82, 2.24) is 0 Å². The predicted octanol–water partition coefficient (Wildman–Crippen LogP) is 2.35. The topological polar surface area (TPSA) is 44.5 Å². The molecule has 88 valence electrons. The molecule has 2 rings (SSSR count). The molecule has 1 aromatic rings. The van der Waals surface area contributed by atoms with Gasteiger partial charge in [0.1, 0.15) is 0 Å². The lowest BCUT2D eigenvalue weighted by atomic mass is 10.1. The molecule has 0 aromatic heterocycles. The Hall–Kier alpha value is -1.06. The summed E-state index contributed by atoms with van der Waals surface area (Å²) in [6, 6.07) is 7.81. The van der Waals surface area contributed by atoms with Gasteiger partial charge >= 0.3 is 0 Å². The second-order valence-corrected chi connectivity index (χ2v) is 4.20. The second-order valence-electron chi connectivity index (χ2n) is 4.20. The van der Waals surface area contributed by atoms with Gasteiger partial charge < -0.3 is 15.2 Å². The Morgan fingerprint density at radius 1 is 1.31 bits per heavy atom. The maximum Gasteiger partial charge on any atom is 0.0808 e. The Labute approximate surface area is 96.5 Å². The van der Waals surface area contributed by atoms with Gasteiger partial charge in [-0.1, -0.05) is 18.2 Å². The Bertz CT molecular complexity index is 321. The summed E-state index contributed by atoms with van der Waals surface area (Å²) in [6.07, 6.45) is 3.83. The van der Waals surface area contributed by atoms with Gasteiger partial charge in [0.15, 0.2) is 0 Å². The Kier molecular flexibility index (Phi) is 4.19. The van der Waals surface area contributed by atoms with E-state index in [0.717, 1.165) is 24.3 Å². The Morgan fingerprint density at radius 3 is 2.94 bits per heavy atom. The third-order valence-corrected chi connectivity index (χ3v) is 2.89. The molecule has 1 aliphatic rings. The van der Waals surface area contributed by atoms with Crippen molar-refractivity contribution < 1.29 is 9.47 Å². The van der Waals surface area contributed by atoms with Crippen molar-refractivity contribution >= 4 is 5.69 Å². The van der Waals surface area contributed by atoms with Crippen LogP contribution in [0.1, 0.15) is 24.8 Å². The van der Waals surface area contributed by atoms with E-state index in [4.69, 9.17) is 15.2 Å². The summed E-state index contributed by atoms with van der Waals surface area (Å²) in [7, 11) is 0. The normalized spacial score (nSPS) is 20.9. The maximum absolute atomic E-state index is 5.83. The first-order chi connectivity index (χ1) is 7.86. The van der Waals surface area contributed by atoms with Crippen molar-refractivity contribution in [2.24, 2.45) is 0 Å². The van der Waals surface area contributed by atoms with Crippen LogP contribution in [0.5, 0.6) is 0 Å². The zero-order chi connectivity index (χ0) is 11.2. The van der Waals surface area contributed by atoms with E-state index in [9.17, 15) is 0 Å². The lowest BCUT2D eigenvalue weighted by Crippen LogP contribution is -2.24. The molecular formula is C13H19NO2. The molecule has 0 aliphatic carbocycles. The fourth-order valence-electron chi connectivity index (χ4n) is 1.90. The number of benzene rings is 1. The highest BCUT2D eigenvalue weighted by atomic mass is 16.5. The highest BCUT2D eigenvalue weighted by molar-refractivity contribution is 5.45. The summed E-state index contributed by atoms with van der Waals surface area (Å²) in [5.41, 5.74) is 7.68. The predicted molar refractivity (Wildman–Crippen MR) is 64.1 cm³/mol. The van der Waals surface area contributed by atoms with E-state index < -0.39 is 0 Å². The largest absolute Gasteiger partial charge is 0.398 e. The molecule has 1 saturated heterocycles. The number of nitrogens with two attached hydrogens (primary N) is 1. The average molecular weight is 221 g/mol. The maximum atomic E-state index is 5.83. The highest BCUT2D eigenvalue weighted by Gasteiger charge is 2.13. The quantitative estimate of drug-likeness (QED) is 0.794. The number of anilines is 1. The van der Waals surface area contributed by atoms with Crippen molar-refractivity contribution in [1.29, 1.82) is 0 Å². The smallest absolute Gasteiger partial charge is 0.0808 e. The van der Waals surface area contributed by atoms with Crippen LogP contribution in [0.25, 0.3) is 0 Å². The fraction of sp³-hybridized carbons (Fsp3) is 0.538. The molecule has 1 aromatic carbocycles. The standard InChI is InChI=1S/C13H19NO2/c14-13-7-2-1-5-11(13)9-15-10-12-6-3-4-8-16-12/h1-2,5,7,12H,3-4,6,8-10,14H2. The van der Waals surface area contributed by atoms with Crippen LogP contribution < -0.4 is 5.73 Å². The first-order valence-electron chi connectivity index (χ1n) is 5.89. The van der Waals surface area contributed by atoms with Gasteiger partial charge in [0.25, 0.3) is 0 Å². The van der Waals surface area contributed by atoms with Gasteiger partial charge in [-0.15, -0.1) is 0 Å². The molecule has 1 fully saturated rings. The minimum absolute atomic E-state index is 0.277. The number of ether oxygens (including phenoxy) is 2. The van der Waals surface area contributed by atoms with Crippen LogP contribution in [0, 0.1) is 0 Å². The number of nitrogen functional groups attached to an aromatic ring is 1. The van der Waals surface area contributed by atoms with Gasteiger partial charge in [0, 0.05) is 17.9 Å². The molecule has 0 radical (unpaired) electrons. The van der Waals surface area contributed by atoms with Crippen molar-refractivity contribution in [3.8, 4) is 0 Å². The van der Waals surface area contributed by atoms with E-state index in [-0.39, 0.29) is 6.10 Å². The van der Waals surface area contributed by atoms with Crippen molar-refractivity contribution in [2.45, 2.75) is 32.0 Å². The van der Waals surface area contributed by atoms with E-state index in [0.29, 0.717) is 13.2 Å². The summed E-state index contributed by atoms with van der Waals surface area (Å²) in [5, 5.41) is 0. The van der Waals surface area contributed by atoms with Crippen molar-refractivity contribution in [2.75, 3.05) is 18.9 Å². The summed E-state index contributed by atoms with van der Waals surface area (Å²) in [5.74, 6) is 0. The summed E-state index contributed by atoms with van der Waals surface area (Å²) >= 11 is 0. The molecule has 0 spiro atoms. The molecule has 3 nitrogen and oxygen atoms in total. The summed E-state index contributed by atoms with van der Waals surface area (Å²) < 4.78 is 11.2. The monoisotopic (exact) mass is 221 g/mol. The van der Waals surface area contributed by atoms with Crippen LogP contribution in [0.4, 0.5) is 5.69 Å². The van der Waals surface area contributed by atoms with Crippen LogP contribution in [0.3, 0.4) is 0 Å². The molecule has 16 heavy (non-hydrogen) atoms. The highest BCUT2D eigenvalue weighted by Crippen LogP contribution is 2.15. The van der Waals surface area contributed by atoms with Gasteiger partial charge in [0.05, 0.1) is 19.3 Å². The minimum atomic E-state index is 0.277. The zero-order valence-corrected chi connectivity index (χ0v) is 9.52. The second kappa shape index (κ2) is 5.87. The first-order valence-corrected chi connectivity index (χ1v) is 5.89. The molecule has 1 heterocycles. The number of hydrogen-bond acceptors (Lipinski definition) is 3. The van der Waals surface area contributed by atoms with Gasteiger partial charge in [0.2, 0.25) is 0 Å². The van der Waals surface area contributed by atoms with Gasteiger partial charge in [-0.2, -0.15) is 0 Å². The van der Waals surface area contributed by atoms with Crippen LogP contribution in [0.2, 0.25) is 0 Å². The molecule has 0 bridgehead atoms. The van der Waals surface area contributed by atoms with Crippen molar-refractivity contribution in [3.05, 3.63) is 29.8 Å². The van der Waals surface area contributed by atoms with Gasteiger partial charge in [-0.05, 0) is 25.3 Å². The molecule has 1 unspecified atom stereocenters. The lowest BCUT2D eigenvalue weighted by molar-refractivity contribution is -0.0446. The first kappa shape index (κ1) is 11.4. The number of hydrogen-bond donors (Lipinski definition) is 1. The molecular weight excluding hydrogens is 202 g/mol. The Balaban J connectivity index is 1.73. The molecule has 1 atom stereocenters. The molecule has 1 aliphatic heterocycles. The van der Waals surface area contributed by atoms with E-state index in [1.165, 1.54) is 12.8 Å². The third-order valence-electron chi connectivity index (χ3n) is 2.89. The summed E-state index contributed by atoms with van der Waals surface area (Å²) in [6.45, 7) is 2.13. The van der Waals surface area contributed by atoms with E-state index in [2.05, 4.69) is 0 Å². The number of rotatable bonds is 4. The van der Waals surface area contributed by atoms with Crippen LogP contribution in [-0.4, -0.2) is 19.3 Å². The number of para-hydroxylation sites is 1. The SMILES string of the molecule is Nc1ccccc1COCC1CCCCO1. The summed E-state index contributed by atoms with van der Waals surface area (Å²) in [4.78, 5) is 0. The molecule has 0 amide bonds. The van der Waals surface area contributed by atoms with Crippen LogP contribution >= 0.6 is 0 Å². The molecule has 0 saturated carbocycles. The fourth-order valence-corrected chi connectivity index (χ4v) is 1.90. The minimum Gasteiger partial charge on any atom is -0.398 e. The van der Waals surface area contributed by atoms with E-state index in [1.807, 2.05) is 24.3 Å². The van der Waals surface area contributed by atoms with E-state index >= 15 is 0 Å². The van der Waals surface area contributed by atoms with E-state index in [1.54, 1.807) is 0 Å². The average Bonchev–Trinajstić information content (AvgIpc) is 2.33. The van der Waals surface area contributed by atoms with Crippen LogP contribution in [-0.2, 0) is 16.1 Å². The molecule has 3 heteroatoms.